The number of halogens is 1. The number of rotatable bonds is 5. The fraction of sp³-hybridized carbons (Fsp3) is 0.625. The first-order valence-corrected chi connectivity index (χ1v) is 7.80. The molecule has 0 saturated heterocycles. The molecule has 1 N–H and O–H groups in total. The van der Waals surface area contributed by atoms with Crippen LogP contribution >= 0.6 is 11.6 Å². The van der Waals surface area contributed by atoms with Gasteiger partial charge >= 0.3 is 0 Å². The van der Waals surface area contributed by atoms with Crippen LogP contribution in [0.1, 0.15) is 37.7 Å². The molecule has 18 heavy (non-hydrogen) atoms. The molecule has 3 unspecified atom stereocenters. The Morgan fingerprint density at radius 2 is 2.17 bits per heavy atom. The van der Waals surface area contributed by atoms with Crippen molar-refractivity contribution in [1.82, 2.24) is 0 Å². The molecule has 2 aliphatic rings. The maximum atomic E-state index is 5.76. The van der Waals surface area contributed by atoms with Crippen LogP contribution in [0.5, 0.6) is 0 Å². The molecule has 3 rings (SSSR count). The van der Waals surface area contributed by atoms with E-state index in [1.165, 1.54) is 36.9 Å². The van der Waals surface area contributed by atoms with Gasteiger partial charge in [0.05, 0.1) is 0 Å². The predicted octanol–water partition coefficient (Wildman–Crippen LogP) is 4.46. The molecule has 2 fully saturated rings. The Morgan fingerprint density at radius 3 is 2.89 bits per heavy atom. The Morgan fingerprint density at radius 1 is 1.22 bits per heavy atom. The minimum absolute atomic E-state index is 0.729. The van der Waals surface area contributed by atoms with E-state index in [2.05, 4.69) is 29.6 Å². The van der Waals surface area contributed by atoms with Crippen LogP contribution < -0.4 is 5.32 Å². The second-order valence-corrected chi connectivity index (χ2v) is 6.30. The van der Waals surface area contributed by atoms with Crippen molar-refractivity contribution in [3.8, 4) is 0 Å². The summed E-state index contributed by atoms with van der Waals surface area (Å²) < 4.78 is 0. The molecule has 0 radical (unpaired) electrons. The van der Waals surface area contributed by atoms with Gasteiger partial charge in [0, 0.05) is 17.6 Å². The van der Waals surface area contributed by atoms with Crippen molar-refractivity contribution in [2.75, 3.05) is 11.2 Å². The normalized spacial score (nSPS) is 29.7. The molecule has 0 aliphatic heterocycles. The molecule has 2 heteroatoms. The Labute approximate surface area is 115 Å². The van der Waals surface area contributed by atoms with Crippen LogP contribution in [0.25, 0.3) is 0 Å². The lowest BCUT2D eigenvalue weighted by atomic mass is 9.95. The van der Waals surface area contributed by atoms with Crippen molar-refractivity contribution >= 4 is 17.3 Å². The van der Waals surface area contributed by atoms with Crippen molar-refractivity contribution in [3.63, 3.8) is 0 Å². The third-order valence-corrected chi connectivity index (χ3v) is 4.88. The van der Waals surface area contributed by atoms with Gasteiger partial charge in [-0.15, -0.1) is 11.6 Å². The highest BCUT2D eigenvalue weighted by Gasteiger charge is 2.39. The van der Waals surface area contributed by atoms with Crippen LogP contribution in [0, 0.1) is 11.8 Å². The van der Waals surface area contributed by atoms with Crippen LogP contribution in [0.2, 0.25) is 0 Å². The second-order valence-electron chi connectivity index (χ2n) is 5.92. The summed E-state index contributed by atoms with van der Waals surface area (Å²) in [4.78, 5) is 0. The molecule has 1 aromatic carbocycles. The van der Waals surface area contributed by atoms with Gasteiger partial charge in [-0.05, 0) is 61.6 Å². The smallest absolute Gasteiger partial charge is 0.0345 e. The first-order valence-electron chi connectivity index (χ1n) is 7.26. The summed E-state index contributed by atoms with van der Waals surface area (Å²) in [6.07, 6.45) is 7.92. The number of hydrogen-bond donors (Lipinski definition) is 1. The van der Waals surface area contributed by atoms with Gasteiger partial charge in [-0.3, -0.25) is 0 Å². The molecule has 0 heterocycles. The van der Waals surface area contributed by atoms with Gasteiger partial charge in [0.2, 0.25) is 0 Å². The Kier molecular flexibility index (Phi) is 3.79. The quantitative estimate of drug-likeness (QED) is 0.774. The van der Waals surface area contributed by atoms with Gasteiger partial charge in [-0.1, -0.05) is 18.6 Å². The SMILES string of the molecule is ClCCCc1cccc(NC2CC3CCC2C3)c1. The number of fused-ring (bicyclic) bond motifs is 2. The number of aryl methyl sites for hydroxylation is 1. The van der Waals surface area contributed by atoms with Crippen LogP contribution in [0.4, 0.5) is 5.69 Å². The zero-order valence-electron chi connectivity index (χ0n) is 10.9. The first kappa shape index (κ1) is 12.3. The lowest BCUT2D eigenvalue weighted by molar-refractivity contribution is 0.440. The summed E-state index contributed by atoms with van der Waals surface area (Å²) in [7, 11) is 0. The number of hydrogen-bond acceptors (Lipinski definition) is 1. The predicted molar refractivity (Wildman–Crippen MR) is 78.3 cm³/mol. The van der Waals surface area contributed by atoms with Crippen molar-refractivity contribution < 1.29 is 0 Å². The van der Waals surface area contributed by atoms with E-state index >= 15 is 0 Å². The highest BCUT2D eigenvalue weighted by Crippen LogP contribution is 2.45. The number of anilines is 1. The van der Waals surface area contributed by atoms with Gasteiger partial charge in [0.1, 0.15) is 0 Å². The molecule has 1 nitrogen and oxygen atoms in total. The van der Waals surface area contributed by atoms with E-state index in [-0.39, 0.29) is 0 Å². The molecule has 0 aromatic heterocycles. The van der Waals surface area contributed by atoms with Crippen LogP contribution in [0.15, 0.2) is 24.3 Å². The number of nitrogens with one attached hydrogen (secondary N) is 1. The van der Waals surface area contributed by atoms with Crippen molar-refractivity contribution in [2.45, 2.75) is 44.6 Å². The maximum Gasteiger partial charge on any atom is 0.0345 e. The van der Waals surface area contributed by atoms with E-state index in [0.717, 1.165) is 36.6 Å². The average Bonchev–Trinajstić information content (AvgIpc) is 2.99. The van der Waals surface area contributed by atoms with E-state index < -0.39 is 0 Å². The third-order valence-electron chi connectivity index (χ3n) is 4.62. The minimum atomic E-state index is 0.729. The molecular formula is C16H22ClN. The van der Waals surface area contributed by atoms with Gasteiger partial charge in [0.15, 0.2) is 0 Å². The van der Waals surface area contributed by atoms with E-state index in [0.29, 0.717) is 0 Å². The molecule has 0 spiro atoms. The summed E-state index contributed by atoms with van der Waals surface area (Å²) in [6, 6.07) is 9.61. The molecule has 1 aromatic rings. The van der Waals surface area contributed by atoms with Crippen molar-refractivity contribution in [1.29, 1.82) is 0 Å². The summed E-state index contributed by atoms with van der Waals surface area (Å²) in [5.41, 5.74) is 2.71. The molecule has 2 bridgehead atoms. The maximum absolute atomic E-state index is 5.76. The Balaban J connectivity index is 1.62. The van der Waals surface area contributed by atoms with Crippen LogP contribution in [-0.4, -0.2) is 11.9 Å². The largest absolute Gasteiger partial charge is 0.382 e. The van der Waals surface area contributed by atoms with Gasteiger partial charge in [-0.2, -0.15) is 0 Å². The van der Waals surface area contributed by atoms with E-state index in [1.54, 1.807) is 0 Å². The van der Waals surface area contributed by atoms with E-state index in [1.807, 2.05) is 0 Å². The van der Waals surface area contributed by atoms with Crippen molar-refractivity contribution in [2.24, 2.45) is 11.8 Å². The third kappa shape index (κ3) is 2.66. The van der Waals surface area contributed by atoms with Gasteiger partial charge in [-0.25, -0.2) is 0 Å². The average molecular weight is 264 g/mol. The zero-order valence-corrected chi connectivity index (χ0v) is 11.6. The molecule has 3 atom stereocenters. The molecule has 2 saturated carbocycles. The Bertz CT molecular complexity index is 404. The summed E-state index contributed by atoms with van der Waals surface area (Å²) in [5.74, 6) is 2.69. The molecular weight excluding hydrogens is 242 g/mol. The monoisotopic (exact) mass is 263 g/mol. The Hall–Kier alpha value is -0.690. The van der Waals surface area contributed by atoms with Gasteiger partial charge in [0.25, 0.3) is 0 Å². The molecule has 98 valence electrons. The first-order chi connectivity index (χ1) is 8.85. The highest BCUT2D eigenvalue weighted by atomic mass is 35.5. The topological polar surface area (TPSA) is 12.0 Å². The van der Waals surface area contributed by atoms with E-state index in [4.69, 9.17) is 11.6 Å². The highest BCUT2D eigenvalue weighted by molar-refractivity contribution is 6.17. The summed E-state index contributed by atoms with van der Waals surface area (Å²) >= 11 is 5.76. The zero-order chi connectivity index (χ0) is 12.4. The summed E-state index contributed by atoms with van der Waals surface area (Å²) in [5, 5.41) is 3.76. The molecule has 2 aliphatic carbocycles. The van der Waals surface area contributed by atoms with Crippen LogP contribution in [-0.2, 0) is 6.42 Å². The lowest BCUT2D eigenvalue weighted by Crippen LogP contribution is -2.25. The number of benzene rings is 1. The fourth-order valence-corrected chi connectivity index (χ4v) is 3.86. The lowest BCUT2D eigenvalue weighted by Gasteiger charge is -2.24. The molecule has 0 amide bonds. The van der Waals surface area contributed by atoms with Crippen LogP contribution in [0.3, 0.4) is 0 Å². The second kappa shape index (κ2) is 5.52. The van der Waals surface area contributed by atoms with E-state index in [9.17, 15) is 0 Å². The van der Waals surface area contributed by atoms with Crippen molar-refractivity contribution in [3.05, 3.63) is 29.8 Å². The number of alkyl halides is 1. The standard InChI is InChI=1S/C16H22ClN/c17-8-2-4-12-3-1-5-15(10-12)18-16-11-13-6-7-14(16)9-13/h1,3,5,10,13-14,16,18H,2,4,6-9,11H2. The van der Waals surface area contributed by atoms with Gasteiger partial charge < -0.3 is 5.32 Å². The minimum Gasteiger partial charge on any atom is -0.382 e. The summed E-state index contributed by atoms with van der Waals surface area (Å²) in [6.45, 7) is 0. The fourth-order valence-electron chi connectivity index (χ4n) is 3.72.